The van der Waals surface area contributed by atoms with E-state index in [1.807, 2.05) is 24.8 Å². The summed E-state index contributed by atoms with van der Waals surface area (Å²) in [5, 5.41) is 0.453. The number of carbonyl (C=O) groups excluding carboxylic acids is 2. The molecule has 1 amide bonds. The molecule has 0 aliphatic carbocycles. The largest absolute Gasteiger partial charge is 0.489 e. The van der Waals surface area contributed by atoms with Gasteiger partial charge in [-0.2, -0.15) is 0 Å². The molecule has 31 heavy (non-hydrogen) atoms. The van der Waals surface area contributed by atoms with Gasteiger partial charge in [0.05, 0.1) is 22.4 Å². The number of piperidine rings is 1. The Morgan fingerprint density at radius 3 is 2.39 bits per heavy atom. The molecule has 0 unspecified atom stereocenters. The van der Waals surface area contributed by atoms with Crippen LogP contribution in [0.2, 0.25) is 5.02 Å². The summed E-state index contributed by atoms with van der Waals surface area (Å²) in [5.74, 6) is 0.683. The van der Waals surface area contributed by atoms with E-state index in [4.69, 9.17) is 16.3 Å². The molecular formula is C24H30ClN3O3. The smallest absolute Gasteiger partial charge is 0.253 e. The van der Waals surface area contributed by atoms with Gasteiger partial charge in [-0.05, 0) is 64.1 Å². The van der Waals surface area contributed by atoms with Gasteiger partial charge in [0, 0.05) is 44.4 Å². The van der Waals surface area contributed by atoms with E-state index in [0.717, 1.165) is 31.6 Å². The maximum absolute atomic E-state index is 13.1. The zero-order valence-corrected chi connectivity index (χ0v) is 19.4. The minimum atomic E-state index is -0.144. The first kappa shape index (κ1) is 21.9. The summed E-state index contributed by atoms with van der Waals surface area (Å²) in [6.07, 6.45) is 1.69. The number of ketones is 1. The van der Waals surface area contributed by atoms with Crippen LogP contribution in [0.1, 0.15) is 60.2 Å². The predicted molar refractivity (Wildman–Crippen MR) is 121 cm³/mol. The van der Waals surface area contributed by atoms with Crippen LogP contribution < -0.4 is 4.74 Å². The number of carbonyl (C=O) groups is 2. The number of halogens is 1. The number of rotatable bonds is 4. The first-order chi connectivity index (χ1) is 14.7. The Morgan fingerprint density at radius 2 is 1.77 bits per heavy atom. The Hall–Kier alpha value is -2.31. The molecule has 7 heteroatoms. The van der Waals surface area contributed by atoms with E-state index in [-0.39, 0.29) is 23.3 Å². The van der Waals surface area contributed by atoms with Crippen molar-refractivity contribution in [2.75, 3.05) is 26.7 Å². The van der Waals surface area contributed by atoms with Gasteiger partial charge in [-0.3, -0.25) is 14.5 Å². The van der Waals surface area contributed by atoms with E-state index >= 15 is 0 Å². The highest BCUT2D eigenvalue weighted by Crippen LogP contribution is 2.41. The van der Waals surface area contributed by atoms with E-state index in [1.165, 1.54) is 5.69 Å². The van der Waals surface area contributed by atoms with Gasteiger partial charge in [-0.1, -0.05) is 11.6 Å². The monoisotopic (exact) mass is 443 g/mol. The van der Waals surface area contributed by atoms with Crippen molar-refractivity contribution < 1.29 is 14.3 Å². The van der Waals surface area contributed by atoms with Crippen LogP contribution in [0.5, 0.6) is 5.75 Å². The van der Waals surface area contributed by atoms with Gasteiger partial charge in [-0.15, -0.1) is 0 Å². The molecule has 0 radical (unpaired) electrons. The molecule has 1 saturated heterocycles. The predicted octanol–water partition coefficient (Wildman–Crippen LogP) is 4.21. The number of likely N-dealkylation sites (tertiary alicyclic amines) is 1. The molecule has 2 aliphatic rings. The van der Waals surface area contributed by atoms with E-state index < -0.39 is 0 Å². The number of nitrogens with zero attached hydrogens (tertiary/aromatic N) is 3. The topological polar surface area (TPSA) is 54.8 Å². The Labute approximate surface area is 188 Å². The summed E-state index contributed by atoms with van der Waals surface area (Å²) >= 11 is 6.34. The van der Waals surface area contributed by atoms with Gasteiger partial charge < -0.3 is 14.2 Å². The number of amides is 1. The lowest BCUT2D eigenvalue weighted by atomic mass is 9.81. The van der Waals surface area contributed by atoms with Crippen molar-refractivity contribution >= 4 is 23.3 Å². The van der Waals surface area contributed by atoms with Gasteiger partial charge in [0.25, 0.3) is 5.91 Å². The molecule has 0 atom stereocenters. The number of hydrogen-bond acceptors (Lipinski definition) is 4. The highest BCUT2D eigenvalue weighted by atomic mass is 35.5. The molecule has 6 nitrogen and oxygen atoms in total. The number of benzene rings is 1. The van der Waals surface area contributed by atoms with Gasteiger partial charge in [0.15, 0.2) is 5.78 Å². The molecule has 2 aromatic rings. The second-order valence-electron chi connectivity index (χ2n) is 8.87. The van der Waals surface area contributed by atoms with Crippen molar-refractivity contribution in [1.29, 1.82) is 0 Å². The SMILES string of the molecule is CC(=O)c1ccc2n1CCN(C)C21CCN(C(=O)c2ccc(OC(C)C)c(Cl)c2)CC1. The molecule has 1 fully saturated rings. The number of ether oxygens (including phenoxy) is 1. The van der Waals surface area contributed by atoms with Crippen molar-refractivity contribution in [3.05, 3.63) is 52.3 Å². The minimum Gasteiger partial charge on any atom is -0.489 e. The molecular weight excluding hydrogens is 414 g/mol. The average Bonchev–Trinajstić information content (AvgIpc) is 3.18. The molecule has 0 saturated carbocycles. The second-order valence-corrected chi connectivity index (χ2v) is 9.28. The Kier molecular flexibility index (Phi) is 5.88. The maximum Gasteiger partial charge on any atom is 0.253 e. The van der Waals surface area contributed by atoms with E-state index in [2.05, 4.69) is 22.6 Å². The van der Waals surface area contributed by atoms with Crippen LogP contribution in [0.15, 0.2) is 30.3 Å². The van der Waals surface area contributed by atoms with Crippen LogP contribution in [0.3, 0.4) is 0 Å². The van der Waals surface area contributed by atoms with Gasteiger partial charge >= 0.3 is 0 Å². The third kappa shape index (κ3) is 3.87. The maximum atomic E-state index is 13.1. The molecule has 2 aliphatic heterocycles. The third-order valence-corrected chi connectivity index (χ3v) is 6.92. The van der Waals surface area contributed by atoms with Crippen molar-refractivity contribution in [2.24, 2.45) is 0 Å². The summed E-state index contributed by atoms with van der Waals surface area (Å²) in [4.78, 5) is 29.5. The molecule has 4 rings (SSSR count). The zero-order valence-electron chi connectivity index (χ0n) is 18.7. The fourth-order valence-electron chi connectivity index (χ4n) is 4.97. The van der Waals surface area contributed by atoms with Crippen molar-refractivity contribution in [2.45, 2.75) is 51.8 Å². The van der Waals surface area contributed by atoms with Crippen molar-refractivity contribution in [3.8, 4) is 5.75 Å². The van der Waals surface area contributed by atoms with Crippen LogP contribution in [-0.2, 0) is 12.1 Å². The first-order valence-electron chi connectivity index (χ1n) is 10.9. The minimum absolute atomic E-state index is 0.00822. The summed E-state index contributed by atoms with van der Waals surface area (Å²) in [7, 11) is 2.15. The molecule has 1 aromatic heterocycles. The Balaban J connectivity index is 1.52. The van der Waals surface area contributed by atoms with Crippen LogP contribution in [0.25, 0.3) is 0 Å². The average molecular weight is 444 g/mol. The summed E-state index contributed by atoms with van der Waals surface area (Å²) in [5.41, 5.74) is 2.41. The lowest BCUT2D eigenvalue weighted by molar-refractivity contribution is 0.0128. The molecule has 1 aromatic carbocycles. The number of fused-ring (bicyclic) bond motifs is 2. The lowest BCUT2D eigenvalue weighted by Crippen LogP contribution is -2.56. The third-order valence-electron chi connectivity index (χ3n) is 6.63. The van der Waals surface area contributed by atoms with Gasteiger partial charge in [0.2, 0.25) is 0 Å². The highest BCUT2D eigenvalue weighted by Gasteiger charge is 2.45. The second kappa shape index (κ2) is 8.32. The number of likely N-dealkylation sites (N-methyl/N-ethyl adjacent to an activating group) is 1. The van der Waals surface area contributed by atoms with E-state index in [9.17, 15) is 9.59 Å². The Bertz CT molecular complexity index is 1010. The molecule has 166 valence electrons. The zero-order chi connectivity index (χ0) is 22.3. The lowest BCUT2D eigenvalue weighted by Gasteiger charge is -2.50. The number of aromatic nitrogens is 1. The van der Waals surface area contributed by atoms with E-state index in [0.29, 0.717) is 29.4 Å². The molecule has 0 bridgehead atoms. The first-order valence-corrected chi connectivity index (χ1v) is 11.3. The number of Topliss-reactive ketones (excluding diaryl/α,β-unsaturated/α-hetero) is 1. The normalized spacial score (nSPS) is 18.3. The van der Waals surface area contributed by atoms with Crippen LogP contribution >= 0.6 is 11.6 Å². The van der Waals surface area contributed by atoms with Crippen LogP contribution in [0, 0.1) is 0 Å². The van der Waals surface area contributed by atoms with Crippen LogP contribution in [0.4, 0.5) is 0 Å². The van der Waals surface area contributed by atoms with Gasteiger partial charge in [0.1, 0.15) is 5.75 Å². The molecule has 1 spiro atoms. The van der Waals surface area contributed by atoms with Crippen molar-refractivity contribution in [1.82, 2.24) is 14.4 Å². The molecule has 0 N–H and O–H groups in total. The van der Waals surface area contributed by atoms with E-state index in [1.54, 1.807) is 25.1 Å². The summed E-state index contributed by atoms with van der Waals surface area (Å²) in [6, 6.07) is 9.29. The standard InChI is InChI=1S/C24H30ClN3O3/c1-16(2)31-21-7-5-18(15-19(21)25)23(30)27-11-9-24(10-12-27)22-8-6-20(17(3)29)28(22)14-13-26(24)4/h5-8,15-16H,9-14H2,1-4H3. The quantitative estimate of drug-likeness (QED) is 0.664. The van der Waals surface area contributed by atoms with Crippen LogP contribution in [-0.4, -0.2) is 58.8 Å². The fourth-order valence-corrected chi connectivity index (χ4v) is 5.19. The fraction of sp³-hybridized carbons (Fsp3) is 0.500. The Morgan fingerprint density at radius 1 is 1.06 bits per heavy atom. The van der Waals surface area contributed by atoms with Crippen molar-refractivity contribution in [3.63, 3.8) is 0 Å². The summed E-state index contributed by atoms with van der Waals surface area (Å²) < 4.78 is 7.85. The molecule has 3 heterocycles. The number of hydrogen-bond donors (Lipinski definition) is 0. The van der Waals surface area contributed by atoms with Gasteiger partial charge in [-0.25, -0.2) is 0 Å². The summed E-state index contributed by atoms with van der Waals surface area (Å²) in [6.45, 7) is 8.53. The highest BCUT2D eigenvalue weighted by molar-refractivity contribution is 6.32.